The zero-order chi connectivity index (χ0) is 16.1. The molecule has 7 heteroatoms. The average Bonchev–Trinajstić information content (AvgIpc) is 2.49. The maximum absolute atomic E-state index is 12.0. The predicted molar refractivity (Wildman–Crippen MR) is 83.3 cm³/mol. The minimum absolute atomic E-state index is 0.0935. The van der Waals surface area contributed by atoms with Gasteiger partial charge in [-0.3, -0.25) is 14.9 Å². The number of hydrogen-bond acceptors (Lipinski definition) is 4. The van der Waals surface area contributed by atoms with Crippen molar-refractivity contribution in [3.05, 3.63) is 63.7 Å². The predicted octanol–water partition coefficient (Wildman–Crippen LogP) is 3.65. The molecule has 1 N–H and O–H groups in total. The number of ether oxygens (including phenoxy) is 1. The zero-order valence-corrected chi connectivity index (χ0v) is 12.4. The van der Waals surface area contributed by atoms with E-state index in [0.29, 0.717) is 16.5 Å². The van der Waals surface area contributed by atoms with E-state index in [2.05, 4.69) is 5.32 Å². The van der Waals surface area contributed by atoms with Crippen molar-refractivity contribution in [3.63, 3.8) is 0 Å². The zero-order valence-electron chi connectivity index (χ0n) is 11.7. The lowest BCUT2D eigenvalue weighted by Gasteiger charge is -2.14. The maximum Gasteiger partial charge on any atom is 0.271 e. The SMILES string of the molecule is C[C@@H](Oc1ccc(Cl)cc1)C(=O)Nc1cccc([N+](=O)[O-])c1. The van der Waals surface area contributed by atoms with Crippen molar-refractivity contribution < 1.29 is 14.5 Å². The third-order valence-electron chi connectivity index (χ3n) is 2.82. The number of carbonyl (C=O) groups excluding carboxylic acids is 1. The Balaban J connectivity index is 2.00. The second-order valence-corrected chi connectivity index (χ2v) is 4.95. The molecule has 0 aliphatic heterocycles. The Bertz CT molecular complexity index is 688. The van der Waals surface area contributed by atoms with Gasteiger partial charge in [-0.1, -0.05) is 17.7 Å². The molecule has 2 rings (SSSR count). The van der Waals surface area contributed by atoms with E-state index >= 15 is 0 Å². The van der Waals surface area contributed by atoms with Crippen LogP contribution in [0.3, 0.4) is 0 Å². The third-order valence-corrected chi connectivity index (χ3v) is 3.07. The van der Waals surface area contributed by atoms with Gasteiger partial charge in [-0.25, -0.2) is 0 Å². The van der Waals surface area contributed by atoms with Crippen molar-refractivity contribution in [2.75, 3.05) is 5.32 Å². The summed E-state index contributed by atoms with van der Waals surface area (Å²) >= 11 is 5.77. The number of nitrogens with zero attached hydrogens (tertiary/aromatic N) is 1. The first-order chi connectivity index (χ1) is 10.5. The fraction of sp³-hybridized carbons (Fsp3) is 0.133. The Morgan fingerprint density at radius 2 is 1.95 bits per heavy atom. The van der Waals surface area contributed by atoms with Gasteiger partial charge in [0.1, 0.15) is 5.75 Å². The highest BCUT2D eigenvalue weighted by molar-refractivity contribution is 6.30. The third kappa shape index (κ3) is 4.20. The van der Waals surface area contributed by atoms with Gasteiger partial charge in [-0.15, -0.1) is 0 Å². The van der Waals surface area contributed by atoms with Crippen molar-refractivity contribution in [3.8, 4) is 5.75 Å². The summed E-state index contributed by atoms with van der Waals surface area (Å²) in [6, 6.07) is 12.3. The molecule has 1 amide bonds. The molecular weight excluding hydrogens is 308 g/mol. The number of rotatable bonds is 5. The number of hydrogen-bond donors (Lipinski definition) is 1. The van der Waals surface area contributed by atoms with Crippen LogP contribution in [0, 0.1) is 10.1 Å². The average molecular weight is 321 g/mol. The lowest BCUT2D eigenvalue weighted by molar-refractivity contribution is -0.384. The summed E-state index contributed by atoms with van der Waals surface area (Å²) in [5.74, 6) is 0.0986. The second kappa shape index (κ2) is 6.91. The Morgan fingerprint density at radius 1 is 1.27 bits per heavy atom. The lowest BCUT2D eigenvalue weighted by atomic mass is 10.2. The summed E-state index contributed by atoms with van der Waals surface area (Å²) in [4.78, 5) is 22.2. The van der Waals surface area contributed by atoms with E-state index in [0.717, 1.165) is 0 Å². The molecule has 0 spiro atoms. The minimum Gasteiger partial charge on any atom is -0.481 e. The largest absolute Gasteiger partial charge is 0.481 e. The van der Waals surface area contributed by atoms with Crippen LogP contribution in [0.25, 0.3) is 0 Å². The molecule has 0 radical (unpaired) electrons. The molecule has 0 aromatic heterocycles. The van der Waals surface area contributed by atoms with Crippen LogP contribution in [-0.4, -0.2) is 16.9 Å². The van der Waals surface area contributed by atoms with Gasteiger partial charge < -0.3 is 10.1 Å². The molecule has 114 valence electrons. The molecule has 0 aliphatic rings. The highest BCUT2D eigenvalue weighted by Crippen LogP contribution is 2.19. The van der Waals surface area contributed by atoms with Gasteiger partial charge >= 0.3 is 0 Å². The number of anilines is 1. The molecule has 1 atom stereocenters. The summed E-state index contributed by atoms with van der Waals surface area (Å²) in [5, 5.41) is 13.8. The molecule has 0 unspecified atom stereocenters. The van der Waals surface area contributed by atoms with Crippen LogP contribution in [0.15, 0.2) is 48.5 Å². The number of halogens is 1. The van der Waals surface area contributed by atoms with Crippen molar-refractivity contribution in [2.24, 2.45) is 0 Å². The topological polar surface area (TPSA) is 81.5 Å². The monoisotopic (exact) mass is 320 g/mol. The molecule has 0 aliphatic carbocycles. The smallest absolute Gasteiger partial charge is 0.271 e. The Labute approximate surface area is 131 Å². The number of nitro groups is 1. The maximum atomic E-state index is 12.0. The van der Waals surface area contributed by atoms with Crippen LogP contribution in [0.4, 0.5) is 11.4 Å². The number of carbonyl (C=O) groups is 1. The summed E-state index contributed by atoms with van der Waals surface area (Å²) in [6.45, 7) is 1.58. The first-order valence-corrected chi connectivity index (χ1v) is 6.81. The summed E-state index contributed by atoms with van der Waals surface area (Å²) < 4.78 is 5.48. The number of benzene rings is 2. The van der Waals surface area contributed by atoms with Gasteiger partial charge in [0.05, 0.1) is 4.92 Å². The molecule has 22 heavy (non-hydrogen) atoms. The summed E-state index contributed by atoms with van der Waals surface area (Å²) in [7, 11) is 0. The van der Waals surface area contributed by atoms with Crippen LogP contribution >= 0.6 is 11.6 Å². The van der Waals surface area contributed by atoms with Crippen LogP contribution in [0.5, 0.6) is 5.75 Å². The quantitative estimate of drug-likeness (QED) is 0.673. The first-order valence-electron chi connectivity index (χ1n) is 6.43. The molecule has 0 fully saturated rings. The van der Waals surface area contributed by atoms with Gasteiger partial charge in [0.2, 0.25) is 0 Å². The van der Waals surface area contributed by atoms with Crippen molar-refractivity contribution in [1.82, 2.24) is 0 Å². The molecular formula is C15H13ClN2O4. The Morgan fingerprint density at radius 3 is 2.59 bits per heavy atom. The number of nitrogens with one attached hydrogen (secondary N) is 1. The minimum atomic E-state index is -0.763. The van der Waals surface area contributed by atoms with Crippen LogP contribution in [0.1, 0.15) is 6.92 Å². The van der Waals surface area contributed by atoms with Gasteiger partial charge in [0.25, 0.3) is 11.6 Å². The Hall–Kier alpha value is -2.60. The van der Waals surface area contributed by atoms with Crippen molar-refractivity contribution in [2.45, 2.75) is 13.0 Å². The van der Waals surface area contributed by atoms with Gasteiger partial charge in [-0.2, -0.15) is 0 Å². The number of nitro benzene ring substituents is 1. The van der Waals surface area contributed by atoms with Gasteiger partial charge in [0, 0.05) is 22.8 Å². The molecule has 0 bridgehead atoms. The van der Waals surface area contributed by atoms with Crippen LogP contribution in [0.2, 0.25) is 5.02 Å². The molecule has 0 saturated heterocycles. The van der Waals surface area contributed by atoms with E-state index in [9.17, 15) is 14.9 Å². The summed E-state index contributed by atoms with van der Waals surface area (Å²) in [6.07, 6.45) is -0.763. The standard InChI is InChI=1S/C15H13ClN2O4/c1-10(22-14-7-5-11(16)6-8-14)15(19)17-12-3-2-4-13(9-12)18(20)21/h2-10H,1H3,(H,17,19)/t10-/m1/s1. The molecule has 6 nitrogen and oxygen atoms in total. The molecule has 0 saturated carbocycles. The van der Waals surface area contributed by atoms with Crippen LogP contribution in [-0.2, 0) is 4.79 Å². The Kier molecular flexibility index (Phi) is 4.95. The number of amides is 1. The molecule has 2 aromatic rings. The van der Waals surface area contributed by atoms with E-state index in [4.69, 9.17) is 16.3 Å². The van der Waals surface area contributed by atoms with Crippen LogP contribution < -0.4 is 10.1 Å². The van der Waals surface area contributed by atoms with Crippen molar-refractivity contribution >= 4 is 28.9 Å². The summed E-state index contributed by atoms with van der Waals surface area (Å²) in [5.41, 5.74) is 0.245. The van der Waals surface area contributed by atoms with E-state index in [1.807, 2.05) is 0 Å². The van der Waals surface area contributed by atoms with E-state index in [1.54, 1.807) is 37.3 Å². The van der Waals surface area contributed by atoms with E-state index in [1.165, 1.54) is 18.2 Å². The van der Waals surface area contributed by atoms with E-state index < -0.39 is 16.9 Å². The first kappa shape index (κ1) is 15.8. The highest BCUT2D eigenvalue weighted by Gasteiger charge is 2.16. The fourth-order valence-electron chi connectivity index (χ4n) is 1.71. The van der Waals surface area contributed by atoms with E-state index in [-0.39, 0.29) is 5.69 Å². The molecule has 2 aromatic carbocycles. The van der Waals surface area contributed by atoms with Gasteiger partial charge in [-0.05, 0) is 37.3 Å². The highest BCUT2D eigenvalue weighted by atomic mass is 35.5. The van der Waals surface area contributed by atoms with Crippen molar-refractivity contribution in [1.29, 1.82) is 0 Å². The molecule has 0 heterocycles. The number of non-ortho nitro benzene ring substituents is 1. The van der Waals surface area contributed by atoms with Gasteiger partial charge in [0.15, 0.2) is 6.10 Å². The normalized spacial score (nSPS) is 11.5. The second-order valence-electron chi connectivity index (χ2n) is 4.51. The fourth-order valence-corrected chi connectivity index (χ4v) is 1.84. The lowest BCUT2D eigenvalue weighted by Crippen LogP contribution is -2.30.